The van der Waals surface area contributed by atoms with Crippen LogP contribution in [0.15, 0.2) is 52.2 Å². The van der Waals surface area contributed by atoms with Crippen molar-refractivity contribution in [2.45, 2.75) is 17.9 Å². The maximum atomic E-state index is 12.0. The molecule has 2 aromatic carbocycles. The Labute approximate surface area is 143 Å². The average molecular weight is 342 g/mol. The van der Waals surface area contributed by atoms with E-state index < -0.39 is 0 Å². The molecule has 6 heteroatoms. The Morgan fingerprint density at radius 1 is 1.08 bits per heavy atom. The van der Waals surface area contributed by atoms with E-state index in [4.69, 9.17) is 9.47 Å². The van der Waals surface area contributed by atoms with Crippen LogP contribution in [0.1, 0.15) is 6.42 Å². The molecule has 1 aliphatic rings. The highest BCUT2D eigenvalue weighted by molar-refractivity contribution is 7.99. The van der Waals surface area contributed by atoms with Gasteiger partial charge in [0.2, 0.25) is 0 Å². The normalized spacial score (nSPS) is 13.3. The molecule has 0 radical (unpaired) electrons. The summed E-state index contributed by atoms with van der Waals surface area (Å²) >= 11 is 1.77. The van der Waals surface area contributed by atoms with Crippen LogP contribution in [-0.4, -0.2) is 28.5 Å². The molecular weight excluding hydrogens is 324 g/mol. The molecule has 0 bridgehead atoms. The second kappa shape index (κ2) is 6.65. The Morgan fingerprint density at radius 2 is 1.92 bits per heavy atom. The SMILES string of the molecule is O=c1[nH]c2ccccc2n1CCCSc1ccc2c(c1)OCCO2. The number of thioether (sulfide) groups is 1. The van der Waals surface area contributed by atoms with Gasteiger partial charge in [0.25, 0.3) is 0 Å². The summed E-state index contributed by atoms with van der Waals surface area (Å²) in [5, 5.41) is 0. The lowest BCUT2D eigenvalue weighted by atomic mass is 10.3. The van der Waals surface area contributed by atoms with Crippen LogP contribution in [0.25, 0.3) is 11.0 Å². The smallest absolute Gasteiger partial charge is 0.326 e. The second-order valence-electron chi connectivity index (χ2n) is 5.61. The van der Waals surface area contributed by atoms with E-state index in [1.54, 1.807) is 16.3 Å². The van der Waals surface area contributed by atoms with Crippen molar-refractivity contribution in [3.8, 4) is 11.5 Å². The van der Waals surface area contributed by atoms with Crippen molar-refractivity contribution < 1.29 is 9.47 Å². The molecule has 3 aromatic rings. The Morgan fingerprint density at radius 3 is 2.83 bits per heavy atom. The molecule has 0 spiro atoms. The van der Waals surface area contributed by atoms with Crippen LogP contribution in [0, 0.1) is 0 Å². The molecule has 5 nitrogen and oxygen atoms in total. The fourth-order valence-corrected chi connectivity index (χ4v) is 3.72. The first-order chi connectivity index (χ1) is 11.8. The molecule has 1 N–H and O–H groups in total. The third-order valence-corrected chi connectivity index (χ3v) is 5.07. The van der Waals surface area contributed by atoms with E-state index in [1.807, 2.05) is 36.4 Å². The minimum absolute atomic E-state index is 0.0412. The number of imidazole rings is 1. The van der Waals surface area contributed by atoms with Gasteiger partial charge in [0.1, 0.15) is 13.2 Å². The van der Waals surface area contributed by atoms with Gasteiger partial charge < -0.3 is 14.5 Å². The first-order valence-electron chi connectivity index (χ1n) is 8.01. The van der Waals surface area contributed by atoms with E-state index in [0.29, 0.717) is 19.8 Å². The second-order valence-corrected chi connectivity index (χ2v) is 6.77. The van der Waals surface area contributed by atoms with Crippen molar-refractivity contribution in [3.05, 3.63) is 52.9 Å². The predicted octanol–water partition coefficient (Wildman–Crippen LogP) is 3.28. The number of aromatic nitrogens is 2. The highest BCUT2D eigenvalue weighted by Crippen LogP contribution is 2.34. The van der Waals surface area contributed by atoms with Crippen LogP contribution in [0.2, 0.25) is 0 Å². The van der Waals surface area contributed by atoms with Crippen LogP contribution in [0.5, 0.6) is 11.5 Å². The Balaban J connectivity index is 1.37. The number of para-hydroxylation sites is 2. The largest absolute Gasteiger partial charge is 0.486 e. The molecule has 0 aliphatic carbocycles. The highest BCUT2D eigenvalue weighted by atomic mass is 32.2. The number of rotatable bonds is 5. The number of fused-ring (bicyclic) bond motifs is 2. The molecule has 0 atom stereocenters. The molecule has 0 unspecified atom stereocenters. The monoisotopic (exact) mass is 342 g/mol. The van der Waals surface area contributed by atoms with Crippen LogP contribution < -0.4 is 15.2 Å². The van der Waals surface area contributed by atoms with Gasteiger partial charge in [-0.15, -0.1) is 11.8 Å². The summed E-state index contributed by atoms with van der Waals surface area (Å²) in [6, 6.07) is 13.8. The van der Waals surface area contributed by atoms with Crippen molar-refractivity contribution in [1.82, 2.24) is 9.55 Å². The molecule has 2 heterocycles. The fourth-order valence-electron chi connectivity index (χ4n) is 2.85. The van der Waals surface area contributed by atoms with Crippen LogP contribution in [-0.2, 0) is 6.54 Å². The Kier molecular flexibility index (Phi) is 4.21. The van der Waals surface area contributed by atoms with Gasteiger partial charge >= 0.3 is 5.69 Å². The third kappa shape index (κ3) is 3.01. The van der Waals surface area contributed by atoms with Crippen molar-refractivity contribution >= 4 is 22.8 Å². The van der Waals surface area contributed by atoms with E-state index in [1.165, 1.54) is 0 Å². The molecule has 4 rings (SSSR count). The number of ether oxygens (including phenoxy) is 2. The molecule has 0 saturated heterocycles. The third-order valence-electron chi connectivity index (χ3n) is 3.99. The molecule has 0 saturated carbocycles. The summed E-state index contributed by atoms with van der Waals surface area (Å²) in [5.41, 5.74) is 1.81. The average Bonchev–Trinajstić information content (AvgIpc) is 2.94. The van der Waals surface area contributed by atoms with Crippen molar-refractivity contribution in [1.29, 1.82) is 0 Å². The zero-order chi connectivity index (χ0) is 16.4. The summed E-state index contributed by atoms with van der Waals surface area (Å²) in [7, 11) is 0. The minimum atomic E-state index is -0.0412. The van der Waals surface area contributed by atoms with E-state index in [9.17, 15) is 4.79 Å². The van der Waals surface area contributed by atoms with Crippen molar-refractivity contribution in [2.24, 2.45) is 0 Å². The zero-order valence-electron chi connectivity index (χ0n) is 13.2. The molecule has 0 amide bonds. The maximum Gasteiger partial charge on any atom is 0.326 e. The van der Waals surface area contributed by atoms with E-state index in [-0.39, 0.29) is 5.69 Å². The van der Waals surface area contributed by atoms with E-state index in [0.717, 1.165) is 39.6 Å². The number of aromatic amines is 1. The standard InChI is InChI=1S/C18H18N2O3S/c21-18-19-14-4-1-2-5-15(14)20(18)8-3-11-24-13-6-7-16-17(12-13)23-10-9-22-16/h1-2,4-7,12H,3,8-11H2,(H,19,21). The van der Waals surface area contributed by atoms with Gasteiger partial charge in [0.15, 0.2) is 11.5 Å². The van der Waals surface area contributed by atoms with Gasteiger partial charge in [0.05, 0.1) is 11.0 Å². The maximum absolute atomic E-state index is 12.0. The number of nitrogens with zero attached hydrogens (tertiary/aromatic N) is 1. The molecule has 124 valence electrons. The Bertz CT molecular complexity index is 916. The fraction of sp³-hybridized carbons (Fsp3) is 0.278. The molecule has 0 fully saturated rings. The van der Waals surface area contributed by atoms with Crippen LogP contribution in [0.4, 0.5) is 0 Å². The van der Waals surface area contributed by atoms with Crippen molar-refractivity contribution in [2.75, 3.05) is 19.0 Å². The molecule has 1 aromatic heterocycles. The van der Waals surface area contributed by atoms with Gasteiger partial charge in [0, 0.05) is 11.4 Å². The quantitative estimate of drug-likeness (QED) is 0.571. The number of aryl methyl sites for hydroxylation is 1. The number of H-pyrrole nitrogens is 1. The number of nitrogens with one attached hydrogen (secondary N) is 1. The Hall–Kier alpha value is -2.34. The van der Waals surface area contributed by atoms with Gasteiger partial charge in [-0.05, 0) is 42.5 Å². The topological polar surface area (TPSA) is 56.2 Å². The minimum Gasteiger partial charge on any atom is -0.486 e. The van der Waals surface area contributed by atoms with Gasteiger partial charge in [-0.2, -0.15) is 0 Å². The van der Waals surface area contributed by atoms with E-state index in [2.05, 4.69) is 11.1 Å². The summed E-state index contributed by atoms with van der Waals surface area (Å²) < 4.78 is 12.9. The lowest BCUT2D eigenvalue weighted by Gasteiger charge is -2.18. The predicted molar refractivity (Wildman–Crippen MR) is 95.3 cm³/mol. The molecular formula is C18H18N2O3S. The number of hydrogen-bond acceptors (Lipinski definition) is 4. The van der Waals surface area contributed by atoms with E-state index >= 15 is 0 Å². The van der Waals surface area contributed by atoms with Crippen LogP contribution >= 0.6 is 11.8 Å². The summed E-state index contributed by atoms with van der Waals surface area (Å²) in [4.78, 5) is 16.1. The number of benzene rings is 2. The van der Waals surface area contributed by atoms with Crippen LogP contribution in [0.3, 0.4) is 0 Å². The van der Waals surface area contributed by atoms with Crippen molar-refractivity contribution in [3.63, 3.8) is 0 Å². The summed E-state index contributed by atoms with van der Waals surface area (Å²) in [5.74, 6) is 2.57. The zero-order valence-corrected chi connectivity index (χ0v) is 14.0. The van der Waals surface area contributed by atoms with Gasteiger partial charge in [-0.1, -0.05) is 12.1 Å². The lowest BCUT2D eigenvalue weighted by molar-refractivity contribution is 0.171. The van der Waals surface area contributed by atoms with Gasteiger partial charge in [-0.25, -0.2) is 4.79 Å². The first kappa shape index (κ1) is 15.2. The first-order valence-corrected chi connectivity index (χ1v) is 9.00. The lowest BCUT2D eigenvalue weighted by Crippen LogP contribution is -2.17. The molecule has 1 aliphatic heterocycles. The highest BCUT2D eigenvalue weighted by Gasteiger charge is 2.12. The molecule has 24 heavy (non-hydrogen) atoms. The summed E-state index contributed by atoms with van der Waals surface area (Å²) in [6.45, 7) is 1.92. The summed E-state index contributed by atoms with van der Waals surface area (Å²) in [6.07, 6.45) is 0.918. The number of hydrogen-bond donors (Lipinski definition) is 1. The van der Waals surface area contributed by atoms with Gasteiger partial charge in [-0.3, -0.25) is 4.57 Å².